The van der Waals surface area contributed by atoms with Gasteiger partial charge < -0.3 is 19.6 Å². The van der Waals surface area contributed by atoms with Crippen molar-refractivity contribution in [2.75, 3.05) is 6.61 Å². The van der Waals surface area contributed by atoms with Crippen molar-refractivity contribution in [2.45, 2.75) is 52.8 Å². The maximum Gasteiger partial charge on any atom is 0.302 e. The van der Waals surface area contributed by atoms with E-state index in [1.54, 1.807) is 6.92 Å². The first-order valence-electron chi connectivity index (χ1n) is 6.07. The van der Waals surface area contributed by atoms with Crippen LogP contribution in [0.2, 0.25) is 0 Å². The minimum Gasteiger partial charge on any atom is -0.466 e. The standard InChI is InChI=1S/C8H17O3P.C4H8O2/c1-3-5-6-7(4-2)8(9)12(10)11;1-3-6-4(2)5/h6,8-11H,3-5H2,1-2H3;3H2,1-2H3. The van der Waals surface area contributed by atoms with Crippen LogP contribution in [0.3, 0.4) is 0 Å². The van der Waals surface area contributed by atoms with Crippen LogP contribution in [-0.2, 0) is 9.53 Å². The van der Waals surface area contributed by atoms with Crippen molar-refractivity contribution in [3.05, 3.63) is 11.6 Å². The second-order valence-electron chi connectivity index (χ2n) is 3.54. The third-order valence-electron chi connectivity index (χ3n) is 2.00. The van der Waals surface area contributed by atoms with Gasteiger partial charge in [0.25, 0.3) is 0 Å². The molecule has 0 saturated heterocycles. The summed E-state index contributed by atoms with van der Waals surface area (Å²) >= 11 is 0. The Morgan fingerprint density at radius 2 is 1.89 bits per heavy atom. The molecule has 0 heterocycles. The summed E-state index contributed by atoms with van der Waals surface area (Å²) in [4.78, 5) is 27.3. The average Bonchev–Trinajstić information content (AvgIpc) is 2.30. The molecule has 0 spiro atoms. The molecule has 0 fully saturated rings. The van der Waals surface area contributed by atoms with E-state index in [1.165, 1.54) is 6.92 Å². The van der Waals surface area contributed by atoms with E-state index in [9.17, 15) is 9.90 Å². The smallest absolute Gasteiger partial charge is 0.302 e. The van der Waals surface area contributed by atoms with Gasteiger partial charge in [0.15, 0.2) is 8.38 Å². The first kappa shape index (κ1) is 19.9. The Labute approximate surface area is 110 Å². The Kier molecular flexibility index (Phi) is 14.3. The Hall–Kier alpha value is -0.480. The van der Waals surface area contributed by atoms with Crippen LogP contribution in [0.15, 0.2) is 11.6 Å². The second kappa shape index (κ2) is 13.0. The predicted molar refractivity (Wildman–Crippen MR) is 73.0 cm³/mol. The number of hydrogen-bond donors (Lipinski definition) is 3. The number of rotatable bonds is 6. The van der Waals surface area contributed by atoms with Crippen molar-refractivity contribution in [1.82, 2.24) is 0 Å². The minimum absolute atomic E-state index is 0.211. The molecule has 3 N–H and O–H groups in total. The van der Waals surface area contributed by atoms with Crippen LogP contribution >= 0.6 is 8.38 Å². The molecule has 108 valence electrons. The van der Waals surface area contributed by atoms with E-state index in [4.69, 9.17) is 9.79 Å². The monoisotopic (exact) mass is 280 g/mol. The third kappa shape index (κ3) is 12.0. The molecule has 0 saturated carbocycles. The van der Waals surface area contributed by atoms with Crippen LogP contribution in [0.4, 0.5) is 0 Å². The molecular weight excluding hydrogens is 255 g/mol. The molecule has 0 aliphatic carbocycles. The topological polar surface area (TPSA) is 87.0 Å². The highest BCUT2D eigenvalue weighted by Crippen LogP contribution is 2.35. The summed E-state index contributed by atoms with van der Waals surface area (Å²) in [6.45, 7) is 7.58. The molecule has 5 nitrogen and oxygen atoms in total. The maximum absolute atomic E-state index is 9.82. The Morgan fingerprint density at radius 3 is 2.11 bits per heavy atom. The van der Waals surface area contributed by atoms with E-state index in [0.29, 0.717) is 13.0 Å². The fourth-order valence-corrected chi connectivity index (χ4v) is 1.70. The number of esters is 1. The number of aliphatic hydroxyl groups is 1. The summed E-state index contributed by atoms with van der Waals surface area (Å²) in [6, 6.07) is 0. The highest BCUT2D eigenvalue weighted by molar-refractivity contribution is 7.45. The van der Waals surface area contributed by atoms with Crippen LogP contribution in [0.5, 0.6) is 0 Å². The van der Waals surface area contributed by atoms with Crippen LogP contribution in [0, 0.1) is 0 Å². The van der Waals surface area contributed by atoms with Crippen LogP contribution < -0.4 is 0 Å². The first-order chi connectivity index (χ1) is 8.40. The summed E-state index contributed by atoms with van der Waals surface area (Å²) < 4.78 is 4.40. The van der Waals surface area contributed by atoms with Crippen molar-refractivity contribution in [2.24, 2.45) is 0 Å². The Balaban J connectivity index is 0. The summed E-state index contributed by atoms with van der Waals surface area (Å²) in [5.74, 6) is -1.27. The zero-order valence-electron chi connectivity index (χ0n) is 11.6. The molecule has 0 aliphatic rings. The molecule has 0 aromatic rings. The van der Waals surface area contributed by atoms with Crippen molar-refractivity contribution in [3.8, 4) is 0 Å². The number of allylic oxidation sites excluding steroid dienone is 1. The van der Waals surface area contributed by atoms with Crippen molar-refractivity contribution >= 4 is 14.3 Å². The Morgan fingerprint density at radius 1 is 1.33 bits per heavy atom. The largest absolute Gasteiger partial charge is 0.466 e. The van der Waals surface area contributed by atoms with Gasteiger partial charge in [0.2, 0.25) is 0 Å². The fourth-order valence-electron chi connectivity index (χ4n) is 1.11. The number of unbranched alkanes of at least 4 members (excludes halogenated alkanes) is 1. The molecule has 6 heteroatoms. The van der Waals surface area contributed by atoms with Gasteiger partial charge in [0.1, 0.15) is 5.85 Å². The summed E-state index contributed by atoms with van der Waals surface area (Å²) in [6.07, 6.45) is 4.43. The lowest BCUT2D eigenvalue weighted by Crippen LogP contribution is -2.07. The number of ether oxygens (including phenoxy) is 1. The van der Waals surface area contributed by atoms with Crippen molar-refractivity contribution in [1.29, 1.82) is 0 Å². The first-order valence-corrected chi connectivity index (χ1v) is 7.39. The lowest BCUT2D eigenvalue weighted by atomic mass is 10.1. The lowest BCUT2D eigenvalue weighted by molar-refractivity contribution is -0.140. The average molecular weight is 280 g/mol. The van der Waals surface area contributed by atoms with Crippen molar-refractivity contribution in [3.63, 3.8) is 0 Å². The second-order valence-corrected chi connectivity index (χ2v) is 4.67. The van der Waals surface area contributed by atoms with Gasteiger partial charge in [-0.05, 0) is 25.3 Å². The molecular formula is C12H25O5P. The van der Waals surface area contributed by atoms with Gasteiger partial charge in [-0.1, -0.05) is 26.3 Å². The number of aliphatic hydroxyl groups excluding tert-OH is 1. The molecule has 1 unspecified atom stereocenters. The zero-order valence-corrected chi connectivity index (χ0v) is 12.5. The molecule has 0 amide bonds. The quantitative estimate of drug-likeness (QED) is 0.395. The summed E-state index contributed by atoms with van der Waals surface area (Å²) in [7, 11) is -2.24. The van der Waals surface area contributed by atoms with E-state index in [-0.39, 0.29) is 5.97 Å². The molecule has 0 bridgehead atoms. The van der Waals surface area contributed by atoms with Crippen LogP contribution in [0.1, 0.15) is 47.0 Å². The van der Waals surface area contributed by atoms with Crippen LogP contribution in [-0.4, -0.2) is 33.3 Å². The highest BCUT2D eigenvalue weighted by Gasteiger charge is 2.16. The third-order valence-corrected chi connectivity index (χ3v) is 2.77. The summed E-state index contributed by atoms with van der Waals surface area (Å²) in [5.41, 5.74) is 0.730. The van der Waals surface area contributed by atoms with E-state index in [1.807, 2.05) is 19.9 Å². The van der Waals surface area contributed by atoms with E-state index in [0.717, 1.165) is 18.4 Å². The van der Waals surface area contributed by atoms with Gasteiger partial charge in [-0.15, -0.1) is 0 Å². The Bertz CT molecular complexity index is 241. The van der Waals surface area contributed by atoms with E-state index >= 15 is 0 Å². The van der Waals surface area contributed by atoms with Gasteiger partial charge in [0.05, 0.1) is 6.61 Å². The number of carbonyl (C=O) groups excluding carboxylic acids is 1. The SMILES string of the molecule is CCCC=C(CC)C(O)P(O)O.CCOC(C)=O. The molecule has 0 rings (SSSR count). The van der Waals surface area contributed by atoms with Crippen molar-refractivity contribution < 1.29 is 24.4 Å². The highest BCUT2D eigenvalue weighted by atomic mass is 31.2. The molecule has 18 heavy (non-hydrogen) atoms. The predicted octanol–water partition coefficient (Wildman–Crippen LogP) is 2.31. The lowest BCUT2D eigenvalue weighted by Gasteiger charge is -2.14. The molecule has 1 atom stereocenters. The van der Waals surface area contributed by atoms with Gasteiger partial charge >= 0.3 is 5.97 Å². The van der Waals surface area contributed by atoms with Gasteiger partial charge in [0, 0.05) is 6.92 Å². The summed E-state index contributed by atoms with van der Waals surface area (Å²) in [5, 5.41) is 9.27. The van der Waals surface area contributed by atoms with Gasteiger partial charge in [-0.25, -0.2) is 0 Å². The molecule has 0 aromatic heterocycles. The minimum atomic E-state index is -2.24. The molecule has 0 radical (unpaired) electrons. The fraction of sp³-hybridized carbons (Fsp3) is 0.750. The molecule has 0 aliphatic heterocycles. The molecule has 0 aromatic carbocycles. The zero-order chi connectivity index (χ0) is 14.6. The normalized spacial score (nSPS) is 12.8. The maximum atomic E-state index is 9.82. The van der Waals surface area contributed by atoms with E-state index in [2.05, 4.69) is 4.74 Å². The number of carbonyl (C=O) groups is 1. The van der Waals surface area contributed by atoms with Crippen LogP contribution in [0.25, 0.3) is 0 Å². The van der Waals surface area contributed by atoms with Gasteiger partial charge in [-0.3, -0.25) is 4.79 Å². The van der Waals surface area contributed by atoms with Gasteiger partial charge in [-0.2, -0.15) is 0 Å². The van der Waals surface area contributed by atoms with E-state index < -0.39 is 14.2 Å². The number of hydrogen-bond acceptors (Lipinski definition) is 5.